The zero-order valence-electron chi connectivity index (χ0n) is 11.7. The number of rotatable bonds is 2. The van der Waals surface area contributed by atoms with Crippen LogP contribution in [0.5, 0.6) is 0 Å². The van der Waals surface area contributed by atoms with Crippen molar-refractivity contribution < 1.29 is 0 Å². The molecule has 22 heavy (non-hydrogen) atoms. The van der Waals surface area contributed by atoms with Crippen LogP contribution < -0.4 is 7.22 Å². The molecule has 0 saturated heterocycles. The summed E-state index contributed by atoms with van der Waals surface area (Å²) in [5.74, 6) is 0. The van der Waals surface area contributed by atoms with Crippen molar-refractivity contribution in [3.63, 3.8) is 0 Å². The normalized spacial score (nSPS) is 14.5. The molecular formula is C18H13BrI2Te. The molecule has 4 rings (SSSR count). The fourth-order valence-corrected chi connectivity index (χ4v) is 17.2. The van der Waals surface area contributed by atoms with Crippen LogP contribution in [-0.2, 0) is 12.8 Å². The monoisotopic (exact) mass is 692 g/mol. The van der Waals surface area contributed by atoms with Gasteiger partial charge in [-0.1, -0.05) is 0 Å². The Labute approximate surface area is 162 Å². The minimum atomic E-state index is -2.38. The van der Waals surface area contributed by atoms with Crippen LogP contribution in [-0.4, -0.2) is 10.3 Å². The molecule has 0 amide bonds. The van der Waals surface area contributed by atoms with Crippen LogP contribution >= 0.6 is 53.3 Å². The second-order valence-corrected chi connectivity index (χ2v) is 40.6. The third-order valence-corrected chi connectivity index (χ3v) is 23.1. The maximum absolute atomic E-state index is 3.83. The van der Waals surface area contributed by atoms with Crippen molar-refractivity contribution in [2.75, 3.05) is 0 Å². The van der Waals surface area contributed by atoms with Gasteiger partial charge in [-0.3, -0.25) is 0 Å². The summed E-state index contributed by atoms with van der Waals surface area (Å²) in [5, 5.41) is 2.99. The Morgan fingerprint density at radius 1 is 0.773 bits per heavy atom. The first-order valence-corrected chi connectivity index (χ1v) is 23.8. The van der Waals surface area contributed by atoms with E-state index in [9.17, 15) is 0 Å². The Balaban J connectivity index is 2.05. The molecule has 0 heterocycles. The van der Waals surface area contributed by atoms with Gasteiger partial charge in [0.1, 0.15) is 0 Å². The molecule has 3 aromatic rings. The molecule has 1 aliphatic rings. The number of benzene rings is 3. The van der Waals surface area contributed by atoms with Crippen LogP contribution in [0.15, 0.2) is 59.1 Å². The van der Waals surface area contributed by atoms with Gasteiger partial charge in [0.15, 0.2) is 0 Å². The zero-order chi connectivity index (χ0) is 15.3. The predicted octanol–water partition coefficient (Wildman–Crippen LogP) is 5.13. The van der Waals surface area contributed by atoms with Crippen molar-refractivity contribution in [3.8, 4) is 0 Å². The summed E-state index contributed by atoms with van der Waals surface area (Å²) >= 11 is 9.38. The molecule has 0 radical (unpaired) electrons. The van der Waals surface area contributed by atoms with Gasteiger partial charge in [0.25, 0.3) is 0 Å². The molecule has 3 aromatic carbocycles. The average molecular weight is 691 g/mol. The van der Waals surface area contributed by atoms with Gasteiger partial charge >= 0.3 is 165 Å². The van der Waals surface area contributed by atoms with E-state index in [0.717, 1.165) is 0 Å². The standard InChI is InChI=1S/C18H13BrI2Te/c19-15-10-8-12-6-7-13-9-11-16(18(15)17(12)13)22(20,21)14-4-2-1-3-5-14/h1-5,8-11H,6-7H2. The van der Waals surface area contributed by atoms with E-state index in [2.05, 4.69) is 108 Å². The van der Waals surface area contributed by atoms with Crippen LogP contribution in [0, 0.1) is 0 Å². The van der Waals surface area contributed by atoms with Crippen molar-refractivity contribution in [2.45, 2.75) is 12.8 Å². The Bertz CT molecular complexity index is 865. The molecule has 0 aliphatic heterocycles. The summed E-state index contributed by atoms with van der Waals surface area (Å²) in [6.07, 6.45) is 2.38. The molecular weight excluding hydrogens is 678 g/mol. The molecule has 4 heteroatoms. The SMILES string of the molecule is Brc1ccc2c3c(ccc([Te](I)(I)c4ccccc4)c13)CC2. The fraction of sp³-hybridized carbons (Fsp3) is 0.111. The quantitative estimate of drug-likeness (QED) is 0.259. The molecule has 0 fully saturated rings. The first-order valence-electron chi connectivity index (χ1n) is 7.09. The molecule has 0 saturated carbocycles. The van der Waals surface area contributed by atoms with Gasteiger partial charge in [-0.15, -0.1) is 0 Å². The third-order valence-electron chi connectivity index (χ3n) is 4.22. The van der Waals surface area contributed by atoms with E-state index >= 15 is 0 Å². The van der Waals surface area contributed by atoms with Gasteiger partial charge in [0.2, 0.25) is 0 Å². The van der Waals surface area contributed by atoms with E-state index in [1.165, 1.54) is 42.8 Å². The summed E-state index contributed by atoms with van der Waals surface area (Å²) in [4.78, 5) is 0. The second-order valence-electron chi connectivity index (χ2n) is 5.46. The van der Waals surface area contributed by atoms with Crippen LogP contribution in [0.25, 0.3) is 10.8 Å². The summed E-state index contributed by atoms with van der Waals surface area (Å²) < 4.78 is 4.35. The summed E-state index contributed by atoms with van der Waals surface area (Å²) in [6.45, 7) is 0. The van der Waals surface area contributed by atoms with Gasteiger partial charge in [-0.25, -0.2) is 0 Å². The van der Waals surface area contributed by atoms with Gasteiger partial charge in [0, 0.05) is 0 Å². The molecule has 112 valence electrons. The summed E-state index contributed by atoms with van der Waals surface area (Å²) in [7, 11) is -2.38. The van der Waals surface area contributed by atoms with E-state index in [-0.39, 0.29) is 0 Å². The molecule has 1 aliphatic carbocycles. The molecule has 0 atom stereocenters. The van der Waals surface area contributed by atoms with Crippen molar-refractivity contribution in [1.82, 2.24) is 0 Å². The molecule has 0 N–H and O–H groups in total. The average Bonchev–Trinajstić information content (AvgIpc) is 2.96. The van der Waals surface area contributed by atoms with Crippen molar-refractivity contribution >= 4 is 81.6 Å². The first kappa shape index (κ1) is 16.1. The van der Waals surface area contributed by atoms with Crippen LogP contribution in [0.1, 0.15) is 11.1 Å². The number of hydrogen-bond donors (Lipinski definition) is 0. The summed E-state index contributed by atoms with van der Waals surface area (Å²) in [5.41, 5.74) is 3.05. The maximum atomic E-state index is 3.83. The minimum absolute atomic E-state index is 1.19. The first-order chi connectivity index (χ1) is 10.6. The van der Waals surface area contributed by atoms with Crippen molar-refractivity contribution in [3.05, 3.63) is 70.2 Å². The Kier molecular flexibility index (Phi) is 4.53. The molecule has 0 unspecified atom stereocenters. The van der Waals surface area contributed by atoms with E-state index in [4.69, 9.17) is 0 Å². The van der Waals surface area contributed by atoms with E-state index in [1.54, 1.807) is 3.61 Å². The Hall–Kier alpha value is 0.650. The zero-order valence-corrected chi connectivity index (χ0v) is 19.9. The molecule has 0 aromatic heterocycles. The van der Waals surface area contributed by atoms with Gasteiger partial charge in [0.05, 0.1) is 0 Å². The number of hydrogen-bond acceptors (Lipinski definition) is 0. The van der Waals surface area contributed by atoms with Gasteiger partial charge < -0.3 is 0 Å². The van der Waals surface area contributed by atoms with E-state index < -0.39 is 10.3 Å². The molecule has 0 spiro atoms. The van der Waals surface area contributed by atoms with Gasteiger partial charge in [-0.2, -0.15) is 0 Å². The van der Waals surface area contributed by atoms with Crippen molar-refractivity contribution in [1.29, 1.82) is 0 Å². The second kappa shape index (κ2) is 6.18. The molecule has 0 bridgehead atoms. The third kappa shape index (κ3) is 2.57. The predicted molar refractivity (Wildman–Crippen MR) is 119 cm³/mol. The molecule has 0 nitrogen and oxygen atoms in total. The van der Waals surface area contributed by atoms with Crippen LogP contribution in [0.2, 0.25) is 0 Å². The van der Waals surface area contributed by atoms with Gasteiger partial charge in [-0.05, 0) is 0 Å². The number of aryl methyl sites for hydroxylation is 2. The summed E-state index contributed by atoms with van der Waals surface area (Å²) in [6, 6.07) is 20.4. The van der Waals surface area contributed by atoms with E-state index in [1.807, 2.05) is 0 Å². The number of halogens is 3. The van der Waals surface area contributed by atoms with E-state index in [0.29, 0.717) is 0 Å². The van der Waals surface area contributed by atoms with Crippen molar-refractivity contribution in [2.24, 2.45) is 0 Å². The Morgan fingerprint density at radius 2 is 1.41 bits per heavy atom. The van der Waals surface area contributed by atoms with Crippen LogP contribution in [0.4, 0.5) is 0 Å². The Morgan fingerprint density at radius 3 is 2.09 bits per heavy atom. The topological polar surface area (TPSA) is 0 Å². The van der Waals surface area contributed by atoms with Crippen LogP contribution in [0.3, 0.4) is 0 Å². The fourth-order valence-electron chi connectivity index (χ4n) is 3.19.